The van der Waals surface area contributed by atoms with Gasteiger partial charge in [0, 0.05) is 54.9 Å². The van der Waals surface area contributed by atoms with Crippen molar-refractivity contribution >= 4 is 28.5 Å². The number of hydrogen-bond donors (Lipinski definition) is 2. The van der Waals surface area contributed by atoms with Gasteiger partial charge in [0.2, 0.25) is 0 Å². The van der Waals surface area contributed by atoms with Gasteiger partial charge in [-0.15, -0.1) is 0 Å². The molecule has 2 N–H and O–H groups in total. The fourth-order valence-electron chi connectivity index (χ4n) is 2.98. The molecule has 0 aliphatic rings. The van der Waals surface area contributed by atoms with E-state index in [2.05, 4.69) is 25.5 Å². The number of carbonyl (C=O) groups is 2. The molecule has 3 aromatic heterocycles. The van der Waals surface area contributed by atoms with E-state index in [0.717, 1.165) is 33.3 Å². The zero-order chi connectivity index (χ0) is 20.4. The monoisotopic (exact) mass is 386 g/mol. The van der Waals surface area contributed by atoms with E-state index >= 15 is 0 Å². The summed E-state index contributed by atoms with van der Waals surface area (Å²) in [5, 5.41) is 10.4. The van der Waals surface area contributed by atoms with Crippen LogP contribution in [-0.2, 0) is 9.59 Å². The number of pyridine rings is 2. The number of nitrogens with zero attached hydrogens (tertiary/aromatic N) is 4. The molecule has 0 aliphatic heterocycles. The summed E-state index contributed by atoms with van der Waals surface area (Å²) >= 11 is 0. The number of benzene rings is 1. The molecule has 0 spiro atoms. The molecule has 0 bridgehead atoms. The van der Waals surface area contributed by atoms with E-state index in [1.807, 2.05) is 24.3 Å². The fraction of sp³-hybridized carbons (Fsp3) is 0.0952. The van der Waals surface area contributed by atoms with Crippen LogP contribution in [0, 0.1) is 0 Å². The molecule has 8 heteroatoms. The van der Waals surface area contributed by atoms with Gasteiger partial charge in [-0.05, 0) is 35.4 Å². The van der Waals surface area contributed by atoms with E-state index in [-0.39, 0.29) is 0 Å². The highest BCUT2D eigenvalue weighted by atomic mass is 16.2. The van der Waals surface area contributed by atoms with Crippen molar-refractivity contribution in [2.24, 2.45) is 0 Å². The van der Waals surface area contributed by atoms with Crippen molar-refractivity contribution in [3.05, 3.63) is 61.2 Å². The number of rotatable bonds is 3. The minimum atomic E-state index is -0.673. The maximum atomic E-state index is 11.9. The summed E-state index contributed by atoms with van der Waals surface area (Å²) in [5.41, 5.74) is 5.08. The second kappa shape index (κ2) is 7.51. The van der Waals surface area contributed by atoms with E-state index in [1.54, 1.807) is 36.9 Å². The zero-order valence-electron chi connectivity index (χ0n) is 15.9. The lowest BCUT2D eigenvalue weighted by molar-refractivity contribution is -0.141. The van der Waals surface area contributed by atoms with Crippen molar-refractivity contribution in [1.29, 1.82) is 0 Å². The largest absolute Gasteiger partial charge is 0.341 e. The average molecular weight is 386 g/mol. The molecule has 0 saturated heterocycles. The SMILES string of the molecule is CN(C)C(=O)C(=O)Nc1ccc(-c2cncc(-c3ccnc4[nH]ncc34)c2)cc1. The molecule has 0 saturated carbocycles. The van der Waals surface area contributed by atoms with Crippen molar-refractivity contribution < 1.29 is 9.59 Å². The number of nitrogens with one attached hydrogen (secondary N) is 2. The van der Waals surface area contributed by atoms with E-state index < -0.39 is 11.8 Å². The van der Waals surface area contributed by atoms with E-state index in [9.17, 15) is 9.59 Å². The van der Waals surface area contributed by atoms with Crippen molar-refractivity contribution in [2.75, 3.05) is 19.4 Å². The van der Waals surface area contributed by atoms with Crippen molar-refractivity contribution in [1.82, 2.24) is 25.1 Å². The minimum absolute atomic E-state index is 0.548. The van der Waals surface area contributed by atoms with Gasteiger partial charge >= 0.3 is 11.8 Å². The van der Waals surface area contributed by atoms with Crippen LogP contribution in [0.4, 0.5) is 5.69 Å². The first-order valence-electron chi connectivity index (χ1n) is 8.89. The highest BCUT2D eigenvalue weighted by molar-refractivity contribution is 6.39. The van der Waals surface area contributed by atoms with Crippen LogP contribution in [0.15, 0.2) is 61.2 Å². The molecule has 0 unspecified atom stereocenters. The summed E-state index contributed by atoms with van der Waals surface area (Å²) in [6.45, 7) is 0. The molecule has 144 valence electrons. The number of carbonyl (C=O) groups excluding carboxylic acids is 2. The third-order valence-corrected chi connectivity index (χ3v) is 4.48. The molecule has 0 fully saturated rings. The van der Waals surface area contributed by atoms with Crippen LogP contribution in [0.2, 0.25) is 0 Å². The molecule has 0 aliphatic carbocycles. The van der Waals surface area contributed by atoms with Gasteiger partial charge in [-0.2, -0.15) is 5.10 Å². The van der Waals surface area contributed by atoms with Crippen molar-refractivity contribution in [3.8, 4) is 22.3 Å². The van der Waals surface area contributed by atoms with Gasteiger partial charge in [0.05, 0.1) is 6.20 Å². The number of H-pyrrole nitrogens is 1. The van der Waals surface area contributed by atoms with E-state index in [4.69, 9.17) is 0 Å². The lowest BCUT2D eigenvalue weighted by Gasteiger charge is -2.11. The Morgan fingerprint density at radius 1 is 0.966 bits per heavy atom. The Labute approximate surface area is 166 Å². The summed E-state index contributed by atoms with van der Waals surface area (Å²) in [6.07, 6.45) is 7.05. The smallest absolute Gasteiger partial charge is 0.313 e. The number of hydrogen-bond acceptors (Lipinski definition) is 5. The van der Waals surface area contributed by atoms with Crippen molar-refractivity contribution in [2.45, 2.75) is 0 Å². The number of amides is 2. The Morgan fingerprint density at radius 3 is 2.48 bits per heavy atom. The lowest BCUT2D eigenvalue weighted by Crippen LogP contribution is -2.34. The predicted molar refractivity (Wildman–Crippen MR) is 110 cm³/mol. The Kier molecular flexibility index (Phi) is 4.74. The third kappa shape index (κ3) is 3.68. The molecular formula is C21H18N6O2. The third-order valence-electron chi connectivity index (χ3n) is 4.48. The average Bonchev–Trinajstić information content (AvgIpc) is 3.22. The molecule has 2 amide bonds. The number of aromatic amines is 1. The van der Waals surface area contributed by atoms with Crippen LogP contribution in [0.5, 0.6) is 0 Å². The molecule has 3 heterocycles. The summed E-state index contributed by atoms with van der Waals surface area (Å²) in [4.78, 5) is 33.4. The first-order chi connectivity index (χ1) is 14.0. The van der Waals surface area contributed by atoms with Gasteiger partial charge in [-0.3, -0.25) is 19.7 Å². The fourth-order valence-corrected chi connectivity index (χ4v) is 2.98. The first-order valence-corrected chi connectivity index (χ1v) is 8.89. The van der Waals surface area contributed by atoms with Gasteiger partial charge < -0.3 is 10.2 Å². The Morgan fingerprint density at radius 2 is 1.72 bits per heavy atom. The van der Waals surface area contributed by atoms with E-state index in [1.165, 1.54) is 19.0 Å². The summed E-state index contributed by atoms with van der Waals surface area (Å²) < 4.78 is 0. The quantitative estimate of drug-likeness (QED) is 0.527. The summed E-state index contributed by atoms with van der Waals surface area (Å²) in [7, 11) is 3.07. The number of likely N-dealkylation sites (N-methyl/N-ethyl adjacent to an activating group) is 1. The van der Waals surface area contributed by atoms with Gasteiger partial charge in [0.15, 0.2) is 5.65 Å². The number of aromatic nitrogens is 4. The Hall–Kier alpha value is -4.07. The van der Waals surface area contributed by atoms with Crippen LogP contribution in [-0.4, -0.2) is 51.0 Å². The van der Waals surface area contributed by atoms with Crippen LogP contribution < -0.4 is 5.32 Å². The zero-order valence-corrected chi connectivity index (χ0v) is 15.9. The van der Waals surface area contributed by atoms with Crippen LogP contribution in [0.1, 0.15) is 0 Å². The lowest BCUT2D eigenvalue weighted by atomic mass is 10.0. The maximum Gasteiger partial charge on any atom is 0.313 e. The number of fused-ring (bicyclic) bond motifs is 1. The topological polar surface area (TPSA) is 104 Å². The minimum Gasteiger partial charge on any atom is -0.341 e. The van der Waals surface area contributed by atoms with Crippen LogP contribution in [0.3, 0.4) is 0 Å². The maximum absolute atomic E-state index is 11.9. The Bertz CT molecular complexity index is 1200. The molecule has 4 aromatic rings. The van der Waals surface area contributed by atoms with Crippen molar-refractivity contribution in [3.63, 3.8) is 0 Å². The molecule has 8 nitrogen and oxygen atoms in total. The second-order valence-corrected chi connectivity index (χ2v) is 6.68. The number of anilines is 1. The highest BCUT2D eigenvalue weighted by Crippen LogP contribution is 2.29. The second-order valence-electron chi connectivity index (χ2n) is 6.68. The van der Waals surface area contributed by atoms with Gasteiger partial charge in [-0.25, -0.2) is 4.98 Å². The summed E-state index contributed by atoms with van der Waals surface area (Å²) in [6, 6.07) is 11.2. The molecule has 1 aromatic carbocycles. The standard InChI is InChI=1S/C21H18N6O2/c1-27(2)21(29)20(28)25-16-5-3-13(4-6-16)14-9-15(11-22-10-14)17-7-8-23-19-18(17)12-24-26-19/h3-12H,1-2H3,(H,25,28)(H,23,24,26). The predicted octanol–water partition coefficient (Wildman–Crippen LogP) is 2.71. The molecule has 29 heavy (non-hydrogen) atoms. The van der Waals surface area contributed by atoms with Gasteiger partial charge in [0.25, 0.3) is 0 Å². The van der Waals surface area contributed by atoms with E-state index in [0.29, 0.717) is 5.69 Å². The highest BCUT2D eigenvalue weighted by Gasteiger charge is 2.15. The van der Waals surface area contributed by atoms with Gasteiger partial charge in [-0.1, -0.05) is 12.1 Å². The molecular weight excluding hydrogens is 368 g/mol. The first kappa shape index (κ1) is 18.3. The Balaban J connectivity index is 1.60. The van der Waals surface area contributed by atoms with Crippen LogP contribution >= 0.6 is 0 Å². The normalized spacial score (nSPS) is 10.7. The molecule has 4 rings (SSSR count). The van der Waals surface area contributed by atoms with Crippen LogP contribution in [0.25, 0.3) is 33.3 Å². The molecule has 0 atom stereocenters. The summed E-state index contributed by atoms with van der Waals surface area (Å²) in [5.74, 6) is -1.28. The molecule has 0 radical (unpaired) electrons. The van der Waals surface area contributed by atoms with Gasteiger partial charge in [0.1, 0.15) is 0 Å².